The number of thiol groups is 1. The Bertz CT molecular complexity index is 628. The first-order valence-corrected chi connectivity index (χ1v) is 7.39. The molecule has 2 aromatic rings. The Hall–Kier alpha value is -1.34. The molecular formula is C12H13N3O2S2. The molecule has 100 valence electrons. The lowest BCUT2D eigenvalue weighted by Gasteiger charge is -2.11. The lowest BCUT2D eigenvalue weighted by atomic mass is 10.1. The molecule has 0 spiro atoms. The second kappa shape index (κ2) is 4.97. The molecule has 0 aliphatic carbocycles. The number of anilines is 1. The van der Waals surface area contributed by atoms with Crippen molar-refractivity contribution in [3.63, 3.8) is 0 Å². The largest absolute Gasteiger partial charge is 0.481 e. The van der Waals surface area contributed by atoms with Crippen LogP contribution in [0.1, 0.15) is 6.42 Å². The van der Waals surface area contributed by atoms with Gasteiger partial charge in [0.2, 0.25) is 11.8 Å². The minimum atomic E-state index is 0.116. The number of pyridine rings is 1. The summed E-state index contributed by atoms with van der Waals surface area (Å²) >= 11 is 5.68. The molecule has 0 saturated carbocycles. The molecule has 1 aliphatic rings. The number of carbonyl (C=O) groups excluding carboxylic acids is 1. The van der Waals surface area contributed by atoms with E-state index in [-0.39, 0.29) is 5.91 Å². The van der Waals surface area contributed by atoms with E-state index < -0.39 is 0 Å². The topological polar surface area (TPSA) is 55.3 Å². The highest BCUT2D eigenvalue weighted by Gasteiger charge is 2.31. The number of hydrogen-bond donors (Lipinski definition) is 1. The van der Waals surface area contributed by atoms with E-state index in [4.69, 9.17) is 4.74 Å². The predicted molar refractivity (Wildman–Crippen MR) is 78.3 cm³/mol. The van der Waals surface area contributed by atoms with Crippen LogP contribution in [0.25, 0.3) is 10.3 Å². The van der Waals surface area contributed by atoms with Crippen LogP contribution in [0.15, 0.2) is 12.1 Å². The number of methoxy groups -OCH3 is 1. The fourth-order valence-electron chi connectivity index (χ4n) is 2.11. The first-order chi connectivity index (χ1) is 9.21. The SMILES string of the molecule is COc1ccc2nc(N3CC(CS)CC3=O)sc2n1. The van der Waals surface area contributed by atoms with Crippen molar-refractivity contribution in [2.75, 3.05) is 24.3 Å². The van der Waals surface area contributed by atoms with Crippen LogP contribution in [0, 0.1) is 5.92 Å². The number of fused-ring (bicyclic) bond motifs is 1. The summed E-state index contributed by atoms with van der Waals surface area (Å²) in [6.07, 6.45) is 0.552. The fourth-order valence-corrected chi connectivity index (χ4v) is 3.31. The number of thiazole rings is 1. The Morgan fingerprint density at radius 1 is 1.53 bits per heavy atom. The molecule has 1 fully saturated rings. The average Bonchev–Trinajstić information content (AvgIpc) is 3.00. The number of carbonyl (C=O) groups is 1. The van der Waals surface area contributed by atoms with E-state index in [1.165, 1.54) is 11.3 Å². The van der Waals surface area contributed by atoms with Gasteiger partial charge in [0, 0.05) is 19.0 Å². The van der Waals surface area contributed by atoms with Crippen LogP contribution in [-0.2, 0) is 4.79 Å². The zero-order valence-electron chi connectivity index (χ0n) is 10.4. The number of aromatic nitrogens is 2. The maximum atomic E-state index is 12.0. The number of hydrogen-bond acceptors (Lipinski definition) is 6. The molecule has 7 heteroatoms. The molecule has 0 aromatic carbocycles. The summed E-state index contributed by atoms with van der Waals surface area (Å²) < 4.78 is 5.09. The van der Waals surface area contributed by atoms with E-state index in [1.54, 1.807) is 18.1 Å². The van der Waals surface area contributed by atoms with Gasteiger partial charge < -0.3 is 4.74 Å². The smallest absolute Gasteiger partial charge is 0.229 e. The molecule has 1 amide bonds. The maximum Gasteiger partial charge on any atom is 0.229 e. The molecular weight excluding hydrogens is 282 g/mol. The second-order valence-corrected chi connectivity index (χ2v) is 5.75. The minimum Gasteiger partial charge on any atom is -0.481 e. The molecule has 1 aliphatic heterocycles. The van der Waals surface area contributed by atoms with Gasteiger partial charge in [0.25, 0.3) is 0 Å². The maximum absolute atomic E-state index is 12.0. The molecule has 2 aromatic heterocycles. The lowest BCUT2D eigenvalue weighted by molar-refractivity contribution is -0.117. The van der Waals surface area contributed by atoms with E-state index in [0.717, 1.165) is 16.1 Å². The molecule has 5 nitrogen and oxygen atoms in total. The van der Waals surface area contributed by atoms with Crippen molar-refractivity contribution in [1.82, 2.24) is 9.97 Å². The molecule has 3 heterocycles. The summed E-state index contributed by atoms with van der Waals surface area (Å²) in [4.78, 5) is 23.3. The Morgan fingerprint density at radius 3 is 3.05 bits per heavy atom. The van der Waals surface area contributed by atoms with Gasteiger partial charge in [0.05, 0.1) is 7.11 Å². The third kappa shape index (κ3) is 2.28. The third-order valence-corrected chi connectivity index (χ3v) is 4.63. The number of rotatable bonds is 3. The summed E-state index contributed by atoms with van der Waals surface area (Å²) in [5.41, 5.74) is 0.794. The fraction of sp³-hybridized carbons (Fsp3) is 0.417. The van der Waals surface area contributed by atoms with Crippen molar-refractivity contribution in [2.24, 2.45) is 5.92 Å². The Kier molecular flexibility index (Phi) is 3.32. The van der Waals surface area contributed by atoms with E-state index in [9.17, 15) is 4.79 Å². The standard InChI is InChI=1S/C12H13N3O2S2/c1-17-9-3-2-8-11(14-9)19-12(13-8)15-5-7(6-18)4-10(15)16/h2-3,7,18H,4-6H2,1H3. The van der Waals surface area contributed by atoms with Gasteiger partial charge in [0.1, 0.15) is 10.3 Å². The monoisotopic (exact) mass is 295 g/mol. The van der Waals surface area contributed by atoms with Crippen molar-refractivity contribution >= 4 is 45.4 Å². The molecule has 0 bridgehead atoms. The number of amides is 1. The minimum absolute atomic E-state index is 0.116. The Labute approximate surface area is 120 Å². The zero-order chi connectivity index (χ0) is 13.4. The lowest BCUT2D eigenvalue weighted by Crippen LogP contribution is -2.24. The zero-order valence-corrected chi connectivity index (χ0v) is 12.1. The van der Waals surface area contributed by atoms with Crippen molar-refractivity contribution < 1.29 is 9.53 Å². The van der Waals surface area contributed by atoms with Gasteiger partial charge in [-0.05, 0) is 17.7 Å². The summed E-state index contributed by atoms with van der Waals surface area (Å²) in [5, 5.41) is 0.713. The average molecular weight is 295 g/mol. The van der Waals surface area contributed by atoms with Gasteiger partial charge in [-0.2, -0.15) is 12.6 Å². The van der Waals surface area contributed by atoms with Gasteiger partial charge in [-0.25, -0.2) is 9.97 Å². The number of ether oxygens (including phenoxy) is 1. The van der Waals surface area contributed by atoms with E-state index in [1.807, 2.05) is 6.07 Å². The number of nitrogens with zero attached hydrogens (tertiary/aromatic N) is 3. The van der Waals surface area contributed by atoms with E-state index in [2.05, 4.69) is 22.6 Å². The van der Waals surface area contributed by atoms with Crippen LogP contribution in [0.2, 0.25) is 0 Å². The van der Waals surface area contributed by atoms with Gasteiger partial charge in [0.15, 0.2) is 5.13 Å². The summed E-state index contributed by atoms with van der Waals surface area (Å²) in [5.74, 6) is 1.71. The van der Waals surface area contributed by atoms with Crippen LogP contribution < -0.4 is 9.64 Å². The highest BCUT2D eigenvalue weighted by Crippen LogP contribution is 2.32. The first-order valence-electron chi connectivity index (χ1n) is 5.94. The van der Waals surface area contributed by atoms with Gasteiger partial charge in [-0.3, -0.25) is 9.69 Å². The summed E-state index contributed by atoms with van der Waals surface area (Å²) in [6, 6.07) is 3.63. The van der Waals surface area contributed by atoms with E-state index >= 15 is 0 Å². The summed E-state index contributed by atoms with van der Waals surface area (Å²) in [7, 11) is 1.58. The second-order valence-electron chi connectivity index (χ2n) is 4.43. The van der Waals surface area contributed by atoms with Gasteiger partial charge in [-0.15, -0.1) is 0 Å². The van der Waals surface area contributed by atoms with Crippen LogP contribution in [0.3, 0.4) is 0 Å². The van der Waals surface area contributed by atoms with Crippen molar-refractivity contribution in [3.05, 3.63) is 12.1 Å². The molecule has 0 N–H and O–H groups in total. The Balaban J connectivity index is 1.95. The predicted octanol–water partition coefficient (Wildman–Crippen LogP) is 1.98. The first kappa shape index (κ1) is 12.7. The highest BCUT2D eigenvalue weighted by atomic mass is 32.1. The molecule has 3 rings (SSSR count). The quantitative estimate of drug-likeness (QED) is 0.880. The van der Waals surface area contributed by atoms with Crippen molar-refractivity contribution in [2.45, 2.75) is 6.42 Å². The third-order valence-electron chi connectivity index (χ3n) is 3.12. The van der Waals surface area contributed by atoms with Crippen LogP contribution in [-0.4, -0.2) is 35.3 Å². The van der Waals surface area contributed by atoms with Crippen molar-refractivity contribution in [3.8, 4) is 5.88 Å². The highest BCUT2D eigenvalue weighted by molar-refractivity contribution is 7.80. The van der Waals surface area contributed by atoms with Crippen molar-refractivity contribution in [1.29, 1.82) is 0 Å². The van der Waals surface area contributed by atoms with Gasteiger partial charge >= 0.3 is 0 Å². The summed E-state index contributed by atoms with van der Waals surface area (Å²) in [6.45, 7) is 0.694. The Morgan fingerprint density at radius 2 is 2.37 bits per heavy atom. The molecule has 1 atom stereocenters. The molecule has 19 heavy (non-hydrogen) atoms. The molecule has 0 radical (unpaired) electrons. The molecule has 1 saturated heterocycles. The van der Waals surface area contributed by atoms with Gasteiger partial charge in [-0.1, -0.05) is 11.3 Å². The van der Waals surface area contributed by atoms with Crippen LogP contribution in [0.5, 0.6) is 5.88 Å². The normalized spacial score (nSPS) is 19.4. The van der Waals surface area contributed by atoms with E-state index in [0.29, 0.717) is 29.9 Å². The van der Waals surface area contributed by atoms with Crippen LogP contribution >= 0.6 is 24.0 Å². The molecule has 1 unspecified atom stereocenters. The van der Waals surface area contributed by atoms with Crippen LogP contribution in [0.4, 0.5) is 5.13 Å².